The lowest BCUT2D eigenvalue weighted by Gasteiger charge is -2.30. The van der Waals surface area contributed by atoms with Crippen LogP contribution in [0.5, 0.6) is 0 Å². The number of benzene rings is 1. The first-order chi connectivity index (χ1) is 14.7. The van der Waals surface area contributed by atoms with Crippen LogP contribution in [0.2, 0.25) is 0 Å². The first-order valence-corrected chi connectivity index (χ1v) is 9.55. The number of ether oxygens (including phenoxy) is 1. The summed E-state index contributed by atoms with van der Waals surface area (Å²) in [5, 5.41) is 5.20. The van der Waals surface area contributed by atoms with Gasteiger partial charge in [-0.1, -0.05) is 18.2 Å². The van der Waals surface area contributed by atoms with Crippen LogP contribution in [0.1, 0.15) is 29.9 Å². The standard InChI is InChI=1S/C21H22F3N3O4/c1-3-30-19(28)17-15(25-20(29)26-18(17)16-9-6-10-31-16)12-27(2)11-13-7-4-5-8-14(13)21(22,23)24/h4-10,18H,3,11-12H2,1-2H3,(H2,25,26,29). The molecule has 0 fully saturated rings. The van der Waals surface area contributed by atoms with Crippen molar-refractivity contribution >= 4 is 12.0 Å². The van der Waals surface area contributed by atoms with Crippen LogP contribution in [0.15, 0.2) is 58.3 Å². The molecule has 2 N–H and O–H groups in total. The predicted octanol–water partition coefficient (Wildman–Crippen LogP) is 3.60. The maximum Gasteiger partial charge on any atom is 0.416 e. The summed E-state index contributed by atoms with van der Waals surface area (Å²) in [6, 6.07) is 7.05. The Morgan fingerprint density at radius 2 is 1.94 bits per heavy atom. The number of hydrogen-bond acceptors (Lipinski definition) is 5. The number of carbonyl (C=O) groups is 2. The second kappa shape index (κ2) is 9.25. The monoisotopic (exact) mass is 437 g/mol. The number of alkyl halides is 3. The third-order valence-corrected chi connectivity index (χ3v) is 4.67. The van der Waals surface area contributed by atoms with E-state index >= 15 is 0 Å². The van der Waals surface area contributed by atoms with E-state index in [2.05, 4.69) is 10.6 Å². The van der Waals surface area contributed by atoms with E-state index in [9.17, 15) is 22.8 Å². The molecule has 0 saturated heterocycles. The molecule has 166 valence electrons. The maximum absolute atomic E-state index is 13.3. The highest BCUT2D eigenvalue weighted by atomic mass is 19.4. The molecular weight excluding hydrogens is 415 g/mol. The maximum atomic E-state index is 13.3. The molecule has 1 aromatic carbocycles. The van der Waals surface area contributed by atoms with Gasteiger partial charge in [0.05, 0.1) is 24.0 Å². The molecule has 10 heteroatoms. The number of rotatable bonds is 7. The zero-order chi connectivity index (χ0) is 22.6. The lowest BCUT2D eigenvalue weighted by Crippen LogP contribution is -2.48. The number of nitrogens with one attached hydrogen (secondary N) is 2. The molecule has 2 amide bonds. The fraction of sp³-hybridized carbons (Fsp3) is 0.333. The van der Waals surface area contributed by atoms with Gasteiger partial charge in [0.25, 0.3) is 0 Å². The minimum atomic E-state index is -4.49. The molecule has 0 saturated carbocycles. The molecule has 1 aromatic heterocycles. The Morgan fingerprint density at radius 3 is 2.58 bits per heavy atom. The van der Waals surface area contributed by atoms with Gasteiger partial charge in [0.1, 0.15) is 11.8 Å². The smallest absolute Gasteiger partial charge is 0.416 e. The van der Waals surface area contributed by atoms with Crippen LogP contribution < -0.4 is 10.6 Å². The lowest BCUT2D eigenvalue weighted by atomic mass is 9.99. The van der Waals surface area contributed by atoms with E-state index in [0.717, 1.165) is 6.07 Å². The molecule has 3 rings (SSSR count). The average molecular weight is 437 g/mol. The number of hydrogen-bond donors (Lipinski definition) is 2. The molecule has 1 unspecified atom stereocenters. The van der Waals surface area contributed by atoms with Gasteiger partial charge in [0, 0.05) is 18.8 Å². The summed E-state index contributed by atoms with van der Waals surface area (Å²) in [6.07, 6.45) is -3.08. The molecule has 2 heterocycles. The van der Waals surface area contributed by atoms with Crippen molar-refractivity contribution < 1.29 is 31.9 Å². The first kappa shape index (κ1) is 22.4. The highest BCUT2D eigenvalue weighted by Gasteiger charge is 2.36. The number of amides is 2. The van der Waals surface area contributed by atoms with Gasteiger partial charge in [0.15, 0.2) is 0 Å². The minimum absolute atomic E-state index is 0.00493. The van der Waals surface area contributed by atoms with Crippen molar-refractivity contribution in [1.82, 2.24) is 15.5 Å². The molecule has 0 aliphatic carbocycles. The number of halogens is 3. The molecule has 2 aromatic rings. The summed E-state index contributed by atoms with van der Waals surface area (Å²) < 4.78 is 50.4. The number of urea groups is 1. The van der Waals surface area contributed by atoms with Crippen molar-refractivity contribution in [3.05, 3.63) is 70.8 Å². The SMILES string of the molecule is CCOC(=O)C1=C(CN(C)Cc2ccccc2C(F)(F)F)NC(=O)NC1c1ccco1. The van der Waals surface area contributed by atoms with Gasteiger partial charge in [-0.25, -0.2) is 9.59 Å². The fourth-order valence-electron chi connectivity index (χ4n) is 3.41. The van der Waals surface area contributed by atoms with Crippen molar-refractivity contribution in [2.45, 2.75) is 25.7 Å². The molecule has 1 aliphatic heterocycles. The second-order valence-corrected chi connectivity index (χ2v) is 6.99. The molecule has 0 spiro atoms. The highest BCUT2D eigenvalue weighted by molar-refractivity contribution is 5.95. The molecule has 1 aliphatic rings. The summed E-state index contributed by atoms with van der Waals surface area (Å²) in [7, 11) is 1.60. The van der Waals surface area contributed by atoms with Crippen LogP contribution in [0, 0.1) is 0 Å². The van der Waals surface area contributed by atoms with Gasteiger partial charge >= 0.3 is 18.2 Å². The topological polar surface area (TPSA) is 83.8 Å². The number of esters is 1. The Bertz CT molecular complexity index is 970. The Balaban J connectivity index is 1.91. The quantitative estimate of drug-likeness (QED) is 0.647. The van der Waals surface area contributed by atoms with Crippen LogP contribution in [0.4, 0.5) is 18.0 Å². The minimum Gasteiger partial charge on any atom is -0.467 e. The van der Waals surface area contributed by atoms with Gasteiger partial charge in [0.2, 0.25) is 0 Å². The number of nitrogens with zero attached hydrogens (tertiary/aromatic N) is 1. The van der Waals surface area contributed by atoms with Crippen molar-refractivity contribution in [2.75, 3.05) is 20.2 Å². The van der Waals surface area contributed by atoms with Crippen molar-refractivity contribution in [3.63, 3.8) is 0 Å². The molecule has 0 bridgehead atoms. The Morgan fingerprint density at radius 1 is 1.19 bits per heavy atom. The largest absolute Gasteiger partial charge is 0.467 e. The summed E-state index contributed by atoms with van der Waals surface area (Å²) in [5.41, 5.74) is -0.286. The highest BCUT2D eigenvalue weighted by Crippen LogP contribution is 2.33. The Labute approximate surface area is 176 Å². The first-order valence-electron chi connectivity index (χ1n) is 9.55. The van der Waals surface area contributed by atoms with E-state index in [1.54, 1.807) is 31.0 Å². The third kappa shape index (κ3) is 5.26. The number of likely N-dealkylation sites (N-methyl/N-ethyl adjacent to an activating group) is 1. The van der Waals surface area contributed by atoms with Crippen LogP contribution in [-0.4, -0.2) is 37.1 Å². The fourth-order valence-corrected chi connectivity index (χ4v) is 3.41. The van der Waals surface area contributed by atoms with Gasteiger partial charge in [-0.3, -0.25) is 4.90 Å². The molecule has 7 nitrogen and oxygen atoms in total. The van der Waals surface area contributed by atoms with E-state index in [1.807, 2.05) is 0 Å². The van der Waals surface area contributed by atoms with Crippen LogP contribution in [0.25, 0.3) is 0 Å². The van der Waals surface area contributed by atoms with Crippen LogP contribution in [-0.2, 0) is 22.3 Å². The Hall–Kier alpha value is -3.27. The van der Waals surface area contributed by atoms with Crippen molar-refractivity contribution in [1.29, 1.82) is 0 Å². The molecule has 1 atom stereocenters. The zero-order valence-electron chi connectivity index (χ0n) is 17.0. The van der Waals surface area contributed by atoms with Crippen LogP contribution in [0.3, 0.4) is 0 Å². The summed E-state index contributed by atoms with van der Waals surface area (Å²) >= 11 is 0. The number of carbonyl (C=O) groups excluding carboxylic acids is 2. The molecular formula is C21H22F3N3O4. The summed E-state index contributed by atoms with van der Waals surface area (Å²) in [5.74, 6) is -0.323. The van der Waals surface area contributed by atoms with Crippen molar-refractivity contribution in [3.8, 4) is 0 Å². The lowest BCUT2D eigenvalue weighted by molar-refractivity contribution is -0.139. The average Bonchev–Trinajstić information content (AvgIpc) is 3.22. The van der Waals surface area contributed by atoms with E-state index in [1.165, 1.54) is 24.5 Å². The Kier molecular flexibility index (Phi) is 6.69. The predicted molar refractivity (Wildman–Crippen MR) is 105 cm³/mol. The second-order valence-electron chi connectivity index (χ2n) is 6.99. The zero-order valence-corrected chi connectivity index (χ0v) is 17.0. The number of furan rings is 1. The van der Waals surface area contributed by atoms with Crippen molar-refractivity contribution in [2.24, 2.45) is 0 Å². The van der Waals surface area contributed by atoms with E-state index in [0.29, 0.717) is 5.76 Å². The molecule has 0 radical (unpaired) electrons. The normalized spacial score (nSPS) is 16.8. The van der Waals surface area contributed by atoms with Gasteiger partial charge in [-0.05, 0) is 37.7 Å². The van der Waals surface area contributed by atoms with Gasteiger partial charge in [-0.15, -0.1) is 0 Å². The van der Waals surface area contributed by atoms with Gasteiger partial charge in [-0.2, -0.15) is 13.2 Å². The van der Waals surface area contributed by atoms with E-state index < -0.39 is 29.8 Å². The van der Waals surface area contributed by atoms with E-state index in [4.69, 9.17) is 9.15 Å². The third-order valence-electron chi connectivity index (χ3n) is 4.67. The van der Waals surface area contributed by atoms with Crippen LogP contribution >= 0.6 is 0 Å². The van der Waals surface area contributed by atoms with Gasteiger partial charge < -0.3 is 19.8 Å². The summed E-state index contributed by atoms with van der Waals surface area (Å²) in [6.45, 7) is 1.72. The summed E-state index contributed by atoms with van der Waals surface area (Å²) in [4.78, 5) is 26.5. The molecule has 31 heavy (non-hydrogen) atoms. The van der Waals surface area contributed by atoms with E-state index in [-0.39, 0.29) is 36.5 Å².